The van der Waals surface area contributed by atoms with Gasteiger partial charge in [-0.15, -0.1) is 0 Å². The smallest absolute Gasteiger partial charge is 0.253 e. The van der Waals surface area contributed by atoms with Crippen LogP contribution < -0.4 is 16.6 Å². The van der Waals surface area contributed by atoms with Crippen molar-refractivity contribution in [2.45, 2.75) is 26.4 Å². The summed E-state index contributed by atoms with van der Waals surface area (Å²) in [7, 11) is 0. The molecule has 1 atom stereocenters. The fourth-order valence-corrected chi connectivity index (χ4v) is 2.01. The van der Waals surface area contributed by atoms with Crippen LogP contribution in [0, 0.1) is 6.92 Å². The lowest BCUT2D eigenvalue weighted by molar-refractivity contribution is 0.0936. The minimum absolute atomic E-state index is 0.0338. The van der Waals surface area contributed by atoms with Gasteiger partial charge in [-0.1, -0.05) is 11.6 Å². The maximum atomic E-state index is 12.3. The van der Waals surface area contributed by atoms with Gasteiger partial charge < -0.3 is 10.7 Å². The van der Waals surface area contributed by atoms with E-state index >= 15 is 0 Å². The summed E-state index contributed by atoms with van der Waals surface area (Å²) in [6.07, 6.45) is 3.58. The van der Waals surface area contributed by atoms with E-state index in [1.807, 2.05) is 38.2 Å². The van der Waals surface area contributed by atoms with Gasteiger partial charge in [-0.25, -0.2) is 0 Å². The molecule has 0 saturated heterocycles. The van der Waals surface area contributed by atoms with Gasteiger partial charge in [0.15, 0.2) is 0 Å². The zero-order valence-corrected chi connectivity index (χ0v) is 11.6. The number of nitrogens with one attached hydrogen (secondary N) is 2. The first-order valence-corrected chi connectivity index (χ1v) is 6.45. The van der Waals surface area contributed by atoms with E-state index in [-0.39, 0.29) is 11.9 Å². The summed E-state index contributed by atoms with van der Waals surface area (Å²) in [5.74, 6) is 5.28. The molecule has 0 aliphatic heterocycles. The number of anilines is 1. The maximum absolute atomic E-state index is 12.3. The van der Waals surface area contributed by atoms with E-state index in [0.29, 0.717) is 17.8 Å². The minimum Gasteiger partial charge on any atom is -0.348 e. The monoisotopic (exact) mass is 273 g/mol. The molecule has 0 fully saturated rings. The Morgan fingerprint density at radius 3 is 2.95 bits per heavy atom. The van der Waals surface area contributed by atoms with Gasteiger partial charge >= 0.3 is 0 Å². The molecule has 1 heterocycles. The predicted molar refractivity (Wildman–Crippen MR) is 78.1 cm³/mol. The van der Waals surface area contributed by atoms with Gasteiger partial charge in [-0.2, -0.15) is 5.10 Å². The van der Waals surface area contributed by atoms with Gasteiger partial charge in [0, 0.05) is 18.4 Å². The van der Waals surface area contributed by atoms with Crippen LogP contribution in [0.2, 0.25) is 0 Å². The SMILES string of the molecule is Cc1ccc(NN)c(C(=O)NC(C)Cn2cccn2)c1. The summed E-state index contributed by atoms with van der Waals surface area (Å²) >= 11 is 0. The second-order valence-corrected chi connectivity index (χ2v) is 4.80. The van der Waals surface area contributed by atoms with E-state index in [9.17, 15) is 4.79 Å². The summed E-state index contributed by atoms with van der Waals surface area (Å²) in [6.45, 7) is 4.49. The fraction of sp³-hybridized carbons (Fsp3) is 0.286. The van der Waals surface area contributed by atoms with Crippen molar-refractivity contribution in [3.8, 4) is 0 Å². The molecule has 20 heavy (non-hydrogen) atoms. The molecule has 0 radical (unpaired) electrons. The Morgan fingerprint density at radius 2 is 2.30 bits per heavy atom. The van der Waals surface area contributed by atoms with Crippen LogP contribution in [0.1, 0.15) is 22.8 Å². The average Bonchev–Trinajstić information content (AvgIpc) is 2.91. The number of hydrazine groups is 1. The fourth-order valence-electron chi connectivity index (χ4n) is 2.01. The number of nitrogen functional groups attached to an aromatic ring is 1. The Labute approximate surface area is 117 Å². The molecule has 0 aliphatic rings. The van der Waals surface area contributed by atoms with Crippen molar-refractivity contribution >= 4 is 11.6 Å². The highest BCUT2D eigenvalue weighted by molar-refractivity contribution is 5.99. The highest BCUT2D eigenvalue weighted by Gasteiger charge is 2.14. The molecule has 6 nitrogen and oxygen atoms in total. The summed E-state index contributed by atoms with van der Waals surface area (Å²) in [6, 6.07) is 7.33. The molecule has 0 spiro atoms. The zero-order valence-electron chi connectivity index (χ0n) is 11.6. The normalized spacial score (nSPS) is 11.9. The van der Waals surface area contributed by atoms with Crippen molar-refractivity contribution in [2.24, 2.45) is 5.84 Å². The summed E-state index contributed by atoms with van der Waals surface area (Å²) in [5, 5.41) is 7.06. The Kier molecular flexibility index (Phi) is 4.37. The molecule has 1 aromatic heterocycles. The predicted octanol–water partition coefficient (Wildman–Crippen LogP) is 1.30. The molecule has 106 valence electrons. The largest absolute Gasteiger partial charge is 0.348 e. The highest BCUT2D eigenvalue weighted by Crippen LogP contribution is 2.16. The topological polar surface area (TPSA) is 85.0 Å². The van der Waals surface area contributed by atoms with Gasteiger partial charge in [0.2, 0.25) is 0 Å². The molecule has 0 aliphatic carbocycles. The van der Waals surface area contributed by atoms with Crippen molar-refractivity contribution in [3.63, 3.8) is 0 Å². The second-order valence-electron chi connectivity index (χ2n) is 4.80. The third kappa shape index (κ3) is 3.36. The van der Waals surface area contributed by atoms with Crippen LogP contribution in [-0.2, 0) is 6.54 Å². The van der Waals surface area contributed by atoms with Crippen molar-refractivity contribution in [1.29, 1.82) is 0 Å². The van der Waals surface area contributed by atoms with E-state index < -0.39 is 0 Å². The van der Waals surface area contributed by atoms with Gasteiger partial charge in [0.05, 0.1) is 17.8 Å². The Bertz CT molecular complexity index is 579. The van der Waals surface area contributed by atoms with Crippen LogP contribution in [0.5, 0.6) is 0 Å². The summed E-state index contributed by atoms with van der Waals surface area (Å²) in [4.78, 5) is 12.3. The Morgan fingerprint density at radius 1 is 1.50 bits per heavy atom. The van der Waals surface area contributed by atoms with E-state index in [4.69, 9.17) is 5.84 Å². The first kappa shape index (κ1) is 14.1. The number of nitrogens with zero attached hydrogens (tertiary/aromatic N) is 2. The molecule has 1 aromatic carbocycles. The van der Waals surface area contributed by atoms with E-state index in [1.54, 1.807) is 16.9 Å². The van der Waals surface area contributed by atoms with Crippen LogP contribution in [0.15, 0.2) is 36.7 Å². The van der Waals surface area contributed by atoms with Gasteiger partial charge in [-0.3, -0.25) is 15.3 Å². The Hall–Kier alpha value is -2.34. The third-order valence-electron chi connectivity index (χ3n) is 2.97. The number of hydrogen-bond acceptors (Lipinski definition) is 4. The Balaban J connectivity index is 2.06. The number of amides is 1. The number of aromatic nitrogens is 2. The minimum atomic E-state index is -0.152. The van der Waals surface area contributed by atoms with Gasteiger partial charge in [0.25, 0.3) is 5.91 Å². The quantitative estimate of drug-likeness (QED) is 0.566. The lowest BCUT2D eigenvalue weighted by Crippen LogP contribution is -2.36. The van der Waals surface area contributed by atoms with E-state index in [0.717, 1.165) is 5.56 Å². The molecule has 0 saturated carbocycles. The number of nitrogens with two attached hydrogens (primary N) is 1. The molecular formula is C14H19N5O. The number of aryl methyl sites for hydroxylation is 1. The maximum Gasteiger partial charge on any atom is 0.253 e. The zero-order chi connectivity index (χ0) is 14.5. The van der Waals surface area contributed by atoms with Crippen molar-refractivity contribution in [2.75, 3.05) is 5.43 Å². The second kappa shape index (κ2) is 6.21. The standard InChI is InChI=1S/C14H19N5O/c1-10-4-5-13(18-15)12(8-10)14(20)17-11(2)9-19-7-3-6-16-19/h3-8,11,18H,9,15H2,1-2H3,(H,17,20). The van der Waals surface area contributed by atoms with Crippen LogP contribution in [0.4, 0.5) is 5.69 Å². The van der Waals surface area contributed by atoms with Crippen LogP contribution in [0.25, 0.3) is 0 Å². The van der Waals surface area contributed by atoms with Crippen LogP contribution in [-0.4, -0.2) is 21.7 Å². The number of rotatable bonds is 5. The van der Waals surface area contributed by atoms with Gasteiger partial charge in [0.1, 0.15) is 0 Å². The first-order chi connectivity index (χ1) is 9.60. The van der Waals surface area contributed by atoms with E-state index in [2.05, 4.69) is 15.8 Å². The molecule has 1 unspecified atom stereocenters. The van der Waals surface area contributed by atoms with Gasteiger partial charge in [-0.05, 0) is 32.0 Å². The van der Waals surface area contributed by atoms with E-state index in [1.165, 1.54) is 0 Å². The number of benzene rings is 1. The summed E-state index contributed by atoms with van der Waals surface area (Å²) in [5.41, 5.74) is 4.70. The number of carbonyl (C=O) groups is 1. The summed E-state index contributed by atoms with van der Waals surface area (Å²) < 4.78 is 1.78. The first-order valence-electron chi connectivity index (χ1n) is 6.45. The van der Waals surface area contributed by atoms with Crippen LogP contribution >= 0.6 is 0 Å². The molecule has 4 N–H and O–H groups in total. The molecule has 1 amide bonds. The molecular weight excluding hydrogens is 254 g/mol. The highest BCUT2D eigenvalue weighted by atomic mass is 16.1. The molecule has 2 rings (SSSR count). The lowest BCUT2D eigenvalue weighted by Gasteiger charge is -2.16. The van der Waals surface area contributed by atoms with Crippen molar-refractivity contribution in [3.05, 3.63) is 47.8 Å². The van der Waals surface area contributed by atoms with Crippen molar-refractivity contribution < 1.29 is 4.79 Å². The number of hydrogen-bond donors (Lipinski definition) is 3. The molecule has 6 heteroatoms. The third-order valence-corrected chi connectivity index (χ3v) is 2.97. The van der Waals surface area contributed by atoms with Crippen LogP contribution in [0.3, 0.4) is 0 Å². The van der Waals surface area contributed by atoms with Crippen molar-refractivity contribution in [1.82, 2.24) is 15.1 Å². The lowest BCUT2D eigenvalue weighted by atomic mass is 10.1. The molecule has 0 bridgehead atoms. The molecule has 2 aromatic rings. The number of carbonyl (C=O) groups excluding carboxylic acids is 1. The average molecular weight is 273 g/mol.